The number of carbonyl (C=O) groups excluding carboxylic acids is 1. The molecule has 1 atom stereocenters. The first-order valence-corrected chi connectivity index (χ1v) is 10.7. The second-order valence-corrected chi connectivity index (χ2v) is 8.20. The van der Waals surface area contributed by atoms with Crippen LogP contribution in [0.25, 0.3) is 0 Å². The van der Waals surface area contributed by atoms with Crippen LogP contribution in [0, 0.1) is 6.92 Å². The zero-order chi connectivity index (χ0) is 21.7. The van der Waals surface area contributed by atoms with Gasteiger partial charge in [0.15, 0.2) is 5.78 Å². The van der Waals surface area contributed by atoms with E-state index in [1.807, 2.05) is 62.4 Å². The molecule has 0 saturated carbocycles. The van der Waals surface area contributed by atoms with Gasteiger partial charge in [-0.05, 0) is 54.8 Å². The molecule has 0 spiro atoms. The first kappa shape index (κ1) is 22.0. The average Bonchev–Trinajstić information content (AvgIpc) is 2.73. The predicted molar refractivity (Wildman–Crippen MR) is 121 cm³/mol. The molecule has 5 nitrogen and oxygen atoms in total. The van der Waals surface area contributed by atoms with E-state index in [9.17, 15) is 9.59 Å². The molecule has 156 valence electrons. The Balaban J connectivity index is 1.90. The summed E-state index contributed by atoms with van der Waals surface area (Å²) in [7, 11) is 1.62. The van der Waals surface area contributed by atoms with Gasteiger partial charge >= 0.3 is 0 Å². The van der Waals surface area contributed by atoms with Crippen molar-refractivity contribution in [2.75, 3.05) is 7.11 Å². The standard InChI is InChI=1S/C24H25BrN2O3/c1-4-22(23(28)15-17-8-10-20(25)11-9-17)27-24(29)19(12-16(2)26-27)13-18-6-5-7-21(14-18)30-3/h5-12,14,22H,4,13,15H2,1-3H3. The van der Waals surface area contributed by atoms with Gasteiger partial charge in [0.1, 0.15) is 11.8 Å². The highest BCUT2D eigenvalue weighted by atomic mass is 79.9. The van der Waals surface area contributed by atoms with Gasteiger partial charge < -0.3 is 4.74 Å². The summed E-state index contributed by atoms with van der Waals surface area (Å²) in [5, 5.41) is 4.41. The lowest BCUT2D eigenvalue weighted by Gasteiger charge is -2.18. The first-order valence-electron chi connectivity index (χ1n) is 9.90. The van der Waals surface area contributed by atoms with Crippen molar-refractivity contribution in [3.05, 3.63) is 91.8 Å². The highest BCUT2D eigenvalue weighted by molar-refractivity contribution is 9.10. The SMILES string of the molecule is CCC(C(=O)Cc1ccc(Br)cc1)n1nc(C)cc(Cc2cccc(OC)c2)c1=O. The molecular formula is C24H25BrN2O3. The summed E-state index contributed by atoms with van der Waals surface area (Å²) < 4.78 is 7.61. The minimum Gasteiger partial charge on any atom is -0.497 e. The smallest absolute Gasteiger partial charge is 0.270 e. The normalized spacial score (nSPS) is 11.9. The van der Waals surface area contributed by atoms with E-state index >= 15 is 0 Å². The van der Waals surface area contributed by atoms with Gasteiger partial charge in [-0.25, -0.2) is 4.68 Å². The summed E-state index contributed by atoms with van der Waals surface area (Å²) in [6.45, 7) is 3.75. The molecule has 1 heterocycles. The number of ketones is 1. The van der Waals surface area contributed by atoms with E-state index in [0.29, 0.717) is 24.1 Å². The molecule has 0 N–H and O–H groups in total. The van der Waals surface area contributed by atoms with Gasteiger partial charge in [0, 0.05) is 22.9 Å². The van der Waals surface area contributed by atoms with E-state index in [-0.39, 0.29) is 17.8 Å². The van der Waals surface area contributed by atoms with Crippen LogP contribution < -0.4 is 10.3 Å². The number of Topliss-reactive ketones (excluding diaryl/α,β-unsaturated/α-hetero) is 1. The van der Waals surface area contributed by atoms with Crippen LogP contribution >= 0.6 is 15.9 Å². The van der Waals surface area contributed by atoms with Crippen LogP contribution in [0.1, 0.15) is 41.8 Å². The molecule has 0 bridgehead atoms. The third-order valence-corrected chi connectivity index (χ3v) is 5.53. The number of aryl methyl sites for hydroxylation is 1. The van der Waals surface area contributed by atoms with Gasteiger partial charge in [-0.2, -0.15) is 5.10 Å². The molecule has 0 aliphatic rings. The number of aromatic nitrogens is 2. The van der Waals surface area contributed by atoms with Gasteiger partial charge in [-0.15, -0.1) is 0 Å². The summed E-state index contributed by atoms with van der Waals surface area (Å²) in [6, 6.07) is 16.5. The van der Waals surface area contributed by atoms with E-state index in [1.165, 1.54) is 4.68 Å². The van der Waals surface area contributed by atoms with Crippen molar-refractivity contribution in [3.8, 4) is 5.75 Å². The van der Waals surface area contributed by atoms with Crippen LogP contribution in [0.3, 0.4) is 0 Å². The molecule has 0 amide bonds. The number of carbonyl (C=O) groups is 1. The molecule has 0 aliphatic heterocycles. The van der Waals surface area contributed by atoms with Crippen molar-refractivity contribution in [2.24, 2.45) is 0 Å². The number of benzene rings is 2. The maximum absolute atomic E-state index is 13.2. The fourth-order valence-corrected chi connectivity index (χ4v) is 3.77. The van der Waals surface area contributed by atoms with Gasteiger partial charge in [0.05, 0.1) is 12.8 Å². The summed E-state index contributed by atoms with van der Waals surface area (Å²) in [4.78, 5) is 26.2. The topological polar surface area (TPSA) is 61.2 Å². The quantitative estimate of drug-likeness (QED) is 0.481. The number of rotatable bonds is 8. The number of hydrogen-bond donors (Lipinski definition) is 0. The minimum absolute atomic E-state index is 0.0210. The molecular weight excluding hydrogens is 444 g/mol. The van der Waals surface area contributed by atoms with Gasteiger partial charge in [0.25, 0.3) is 5.56 Å². The first-order chi connectivity index (χ1) is 14.4. The van der Waals surface area contributed by atoms with E-state index in [2.05, 4.69) is 21.0 Å². The lowest BCUT2D eigenvalue weighted by molar-refractivity contribution is -0.122. The molecule has 1 unspecified atom stereocenters. The molecule has 0 saturated heterocycles. The van der Waals surface area contributed by atoms with Crippen LogP contribution in [0.4, 0.5) is 0 Å². The maximum atomic E-state index is 13.2. The maximum Gasteiger partial charge on any atom is 0.270 e. The highest BCUT2D eigenvalue weighted by Crippen LogP contribution is 2.18. The molecule has 0 radical (unpaired) electrons. The van der Waals surface area contributed by atoms with Gasteiger partial charge in [0.2, 0.25) is 0 Å². The Bertz CT molecular complexity index is 1090. The number of ether oxygens (including phenoxy) is 1. The average molecular weight is 469 g/mol. The van der Waals surface area contributed by atoms with Crippen LogP contribution in [-0.4, -0.2) is 22.7 Å². The largest absolute Gasteiger partial charge is 0.497 e. The fourth-order valence-electron chi connectivity index (χ4n) is 3.50. The fraction of sp³-hybridized carbons (Fsp3) is 0.292. The third kappa shape index (κ3) is 5.25. The van der Waals surface area contributed by atoms with Crippen molar-refractivity contribution in [3.63, 3.8) is 0 Å². The van der Waals surface area contributed by atoms with E-state index in [1.54, 1.807) is 13.2 Å². The lowest BCUT2D eigenvalue weighted by Crippen LogP contribution is -2.35. The Kier molecular flexibility index (Phi) is 7.21. The molecule has 3 aromatic rings. The molecule has 0 fully saturated rings. The van der Waals surface area contributed by atoms with Crippen molar-refractivity contribution in [1.82, 2.24) is 9.78 Å². The summed E-state index contributed by atoms with van der Waals surface area (Å²) in [5.74, 6) is 0.724. The van der Waals surface area contributed by atoms with E-state index in [4.69, 9.17) is 4.74 Å². The van der Waals surface area contributed by atoms with Crippen molar-refractivity contribution in [1.29, 1.82) is 0 Å². The summed E-state index contributed by atoms with van der Waals surface area (Å²) in [6.07, 6.45) is 1.22. The number of halogens is 1. The molecule has 0 aliphatic carbocycles. The van der Waals surface area contributed by atoms with E-state index in [0.717, 1.165) is 21.3 Å². The molecule has 30 heavy (non-hydrogen) atoms. The second kappa shape index (κ2) is 9.85. The Morgan fingerprint density at radius 1 is 1.13 bits per heavy atom. The Morgan fingerprint density at radius 3 is 2.53 bits per heavy atom. The van der Waals surface area contributed by atoms with Crippen LogP contribution in [-0.2, 0) is 17.6 Å². The van der Waals surface area contributed by atoms with Crippen LogP contribution in [0.5, 0.6) is 5.75 Å². The van der Waals surface area contributed by atoms with Crippen LogP contribution in [0.2, 0.25) is 0 Å². The monoisotopic (exact) mass is 468 g/mol. The summed E-state index contributed by atoms with van der Waals surface area (Å²) >= 11 is 3.40. The Hall–Kier alpha value is -2.73. The number of nitrogens with zero attached hydrogens (tertiary/aromatic N) is 2. The Morgan fingerprint density at radius 2 is 1.87 bits per heavy atom. The highest BCUT2D eigenvalue weighted by Gasteiger charge is 2.22. The number of methoxy groups -OCH3 is 1. The molecule has 3 rings (SSSR count). The second-order valence-electron chi connectivity index (χ2n) is 7.28. The van der Waals surface area contributed by atoms with Crippen molar-refractivity contribution in [2.45, 2.75) is 39.2 Å². The van der Waals surface area contributed by atoms with Crippen molar-refractivity contribution >= 4 is 21.7 Å². The van der Waals surface area contributed by atoms with E-state index < -0.39 is 6.04 Å². The Labute approximate surface area is 184 Å². The number of hydrogen-bond acceptors (Lipinski definition) is 4. The van der Waals surface area contributed by atoms with Gasteiger partial charge in [-0.1, -0.05) is 47.1 Å². The zero-order valence-electron chi connectivity index (χ0n) is 17.4. The lowest BCUT2D eigenvalue weighted by atomic mass is 10.0. The molecule has 2 aromatic carbocycles. The van der Waals surface area contributed by atoms with Crippen LogP contribution in [0.15, 0.2) is 63.9 Å². The third-order valence-electron chi connectivity index (χ3n) is 5.01. The minimum atomic E-state index is -0.592. The molecule has 6 heteroatoms. The van der Waals surface area contributed by atoms with Gasteiger partial charge in [-0.3, -0.25) is 9.59 Å². The zero-order valence-corrected chi connectivity index (χ0v) is 19.0. The molecule has 1 aromatic heterocycles. The van der Waals surface area contributed by atoms with Crippen molar-refractivity contribution < 1.29 is 9.53 Å². The summed E-state index contributed by atoms with van der Waals surface area (Å²) in [5.41, 5.74) is 2.99. The predicted octanol–water partition coefficient (Wildman–Crippen LogP) is 4.68.